The van der Waals surface area contributed by atoms with Crippen molar-refractivity contribution in [1.29, 1.82) is 0 Å². The lowest BCUT2D eigenvalue weighted by atomic mass is 10.6. The van der Waals surface area contributed by atoms with E-state index in [1.165, 1.54) is 0 Å². The van der Waals surface area contributed by atoms with Gasteiger partial charge < -0.3 is 60.0 Å². The molecule has 0 aliphatic heterocycles. The summed E-state index contributed by atoms with van der Waals surface area (Å²) in [5.74, 6) is 0. The molecule has 0 heterocycles. The Balaban J connectivity index is -0.0000000536. The summed E-state index contributed by atoms with van der Waals surface area (Å²) in [6.45, 7) is 6.57. The first-order chi connectivity index (χ1) is 12.6. The van der Waals surface area contributed by atoms with Crippen LogP contribution in [0.2, 0.25) is 0 Å². The number of hydrogen-bond donors (Lipinski definition) is 12. The molecule has 0 aliphatic rings. The summed E-state index contributed by atoms with van der Waals surface area (Å²) in [6, 6.07) is 0. The summed E-state index contributed by atoms with van der Waals surface area (Å²) in [6.07, 6.45) is 0. The van der Waals surface area contributed by atoms with Crippen molar-refractivity contribution in [2.75, 3.05) is 26.2 Å². The number of nitrogens with zero attached hydrogens (tertiary/aromatic N) is 1. The van der Waals surface area contributed by atoms with Gasteiger partial charge in [0, 0.05) is 19.6 Å². The molecule has 23 heteroatoms. The van der Waals surface area contributed by atoms with E-state index >= 15 is 0 Å². The third-order valence-corrected chi connectivity index (χ3v) is 0.768. The zero-order valence-electron chi connectivity index (χ0n) is 14.1. The van der Waals surface area contributed by atoms with Crippen LogP contribution in [-0.2, 0) is 22.8 Å². The Bertz CT molecular complexity index is 335. The molecule has 178 valence electrons. The van der Waals surface area contributed by atoms with Gasteiger partial charge in [-0.15, -0.1) is 0 Å². The number of nitrogens with two attached hydrogens (primary N) is 1. The molecule has 0 amide bonds. The van der Waals surface area contributed by atoms with Crippen molar-refractivity contribution in [2.45, 2.75) is 0 Å². The summed E-state index contributed by atoms with van der Waals surface area (Å²) in [7, 11) is -15.6. The van der Waals surface area contributed by atoms with Crippen LogP contribution in [0.3, 0.4) is 0 Å². The number of nitrogens with one attached hydrogen (secondary N) is 1. The molecule has 0 aromatic heterocycles. The summed E-state index contributed by atoms with van der Waals surface area (Å²) in [5, 5.41) is 3.08. The van der Waals surface area contributed by atoms with Gasteiger partial charge in [-0.1, -0.05) is 0 Å². The summed E-state index contributed by atoms with van der Waals surface area (Å²) in [5.41, 5.74) is 5.20. The molecule has 0 saturated heterocycles. The second-order valence-corrected chi connectivity index (χ2v) is 5.72. The van der Waals surface area contributed by atoms with Gasteiger partial charge in [-0.3, -0.25) is 27.8 Å². The monoisotopic (exact) mass is 525 g/mol. The van der Waals surface area contributed by atoms with Crippen LogP contribution in [0.5, 0.6) is 0 Å². The highest BCUT2D eigenvalue weighted by Gasteiger charge is 1.78. The quantitative estimate of drug-likeness (QED) is 0.0925. The fourth-order valence-electron chi connectivity index (χ4n) is 0.385. The first-order valence-electron chi connectivity index (χ1n) is 6.00. The highest BCUT2D eigenvalue weighted by atomic mass is 31.1. The zero-order chi connectivity index (χ0) is 24.1. The normalized spacial score (nSPS) is 8.86. The van der Waals surface area contributed by atoms with Gasteiger partial charge in [-0.05, 0) is 6.72 Å². The molecule has 0 atom stereocenters. The van der Waals surface area contributed by atoms with Gasteiger partial charge in [0.2, 0.25) is 0 Å². The largest absolute Gasteiger partial charge is 0.329 e. The molecular weight excluding hydrogens is 497 g/mol. The van der Waals surface area contributed by atoms with E-state index in [9.17, 15) is 0 Å². The minimum Gasteiger partial charge on any atom is -0.329 e. The molecule has 0 aliphatic carbocycles. The van der Waals surface area contributed by atoms with Gasteiger partial charge in [-0.2, -0.15) is 0 Å². The average molecular weight is 525 g/mol. The van der Waals surface area contributed by atoms with E-state index in [2.05, 4.69) is 17.0 Å². The van der Waals surface area contributed by atoms with E-state index in [-0.39, 0.29) is 0 Å². The number of aliphatic imine (C=N–C) groups is 1. The van der Waals surface area contributed by atoms with Gasteiger partial charge in [0.1, 0.15) is 0 Å². The van der Waals surface area contributed by atoms with Gasteiger partial charge >= 0.3 is 41.3 Å². The Morgan fingerprint density at radius 1 is 0.643 bits per heavy atom. The van der Waals surface area contributed by atoms with Crippen LogP contribution in [0.15, 0.2) is 4.99 Å². The second-order valence-electron chi connectivity index (χ2n) is 2.90. The molecule has 13 N–H and O–H groups in total. The van der Waals surface area contributed by atoms with Crippen molar-refractivity contribution in [1.82, 2.24) is 5.32 Å². The second kappa shape index (κ2) is 41.7. The summed E-state index contributed by atoms with van der Waals surface area (Å²) >= 11 is 0. The molecule has 0 spiro atoms. The van der Waals surface area contributed by atoms with E-state index in [1.807, 2.05) is 0 Å². The van der Waals surface area contributed by atoms with Crippen molar-refractivity contribution in [2.24, 2.45) is 10.7 Å². The number of hydrogen-bond acceptors (Lipinski definition) is 8. The minimum atomic E-state index is -3.13. The van der Waals surface area contributed by atoms with E-state index in [1.54, 1.807) is 0 Å². The molecule has 0 fully saturated rings. The van der Waals surface area contributed by atoms with Crippen molar-refractivity contribution in [3.63, 3.8) is 0 Å². The SMILES string of the molecule is C=NCCNCCN.O=[PH](O)O.O=[PH](O)O.O=[PH](O)O.O=[PH](O)O.O=[PH](O)O. The number of rotatable bonds is 5. The van der Waals surface area contributed by atoms with Crippen LogP contribution in [0.1, 0.15) is 0 Å². The Hall–Kier alpha value is 0.340. The van der Waals surface area contributed by atoms with Crippen LogP contribution in [0.25, 0.3) is 0 Å². The molecule has 0 unspecified atom stereocenters. The first-order valence-corrected chi connectivity index (χ1v) is 12.5. The van der Waals surface area contributed by atoms with Crippen molar-refractivity contribution in [3.8, 4) is 0 Å². The Morgan fingerprint density at radius 3 is 1.00 bits per heavy atom. The molecule has 0 saturated carbocycles. The first kappa shape index (κ1) is 42.4. The maximum atomic E-state index is 8.74. The average Bonchev–Trinajstić information content (AvgIpc) is 2.40. The van der Waals surface area contributed by atoms with Crippen molar-refractivity contribution in [3.05, 3.63) is 0 Å². The fraction of sp³-hybridized carbons (Fsp3) is 0.800. The third-order valence-electron chi connectivity index (χ3n) is 0.768. The van der Waals surface area contributed by atoms with Gasteiger partial charge in [0.15, 0.2) is 0 Å². The maximum absolute atomic E-state index is 8.74. The summed E-state index contributed by atoms with van der Waals surface area (Å²) < 4.78 is 43.7. The zero-order valence-corrected chi connectivity index (χ0v) is 19.1. The smallest absolute Gasteiger partial charge is 0.314 e. The topological polar surface area (TPSA) is 338 Å². The lowest BCUT2D eigenvalue weighted by molar-refractivity contribution is 0.403. The van der Waals surface area contributed by atoms with E-state index in [0.717, 1.165) is 19.6 Å². The molecular formula is C5H28N3O15P5. The highest BCUT2D eigenvalue weighted by Crippen LogP contribution is 1.99. The molecule has 0 radical (unpaired) electrons. The molecule has 28 heavy (non-hydrogen) atoms. The third kappa shape index (κ3) is 593. The Kier molecular flexibility index (Phi) is 63.1. The molecule has 18 nitrogen and oxygen atoms in total. The lowest BCUT2D eigenvalue weighted by Crippen LogP contribution is -2.24. The predicted octanol–water partition coefficient (Wildman–Crippen LogP) is -3.96. The van der Waals surface area contributed by atoms with Crippen molar-refractivity contribution < 1.29 is 71.8 Å². The highest BCUT2D eigenvalue weighted by molar-refractivity contribution is 7.31. The molecule has 0 aromatic carbocycles. The van der Waals surface area contributed by atoms with Gasteiger partial charge in [-0.25, -0.2) is 0 Å². The van der Waals surface area contributed by atoms with Crippen LogP contribution >= 0.6 is 41.3 Å². The van der Waals surface area contributed by atoms with E-state index < -0.39 is 41.3 Å². The summed E-state index contributed by atoms with van der Waals surface area (Å²) in [4.78, 5) is 75.2. The minimum absolute atomic E-state index is 0.692. The Labute approximate surface area is 162 Å². The molecule has 0 bridgehead atoms. The standard InChI is InChI=1S/C5H13N3.5H3O3P/c1-7-4-5-8-3-2-6;5*1-4(2)3/h8H,1-6H2;5*4H,(H2,1,2,3). The van der Waals surface area contributed by atoms with Crippen LogP contribution in [0.4, 0.5) is 0 Å². The van der Waals surface area contributed by atoms with Crippen LogP contribution < -0.4 is 11.1 Å². The van der Waals surface area contributed by atoms with E-state index in [4.69, 9.17) is 77.5 Å². The fourth-order valence-corrected chi connectivity index (χ4v) is 0.385. The van der Waals surface area contributed by atoms with E-state index in [0.29, 0.717) is 6.54 Å². The van der Waals surface area contributed by atoms with Crippen molar-refractivity contribution >= 4 is 48.0 Å². The molecule has 0 aromatic rings. The maximum Gasteiger partial charge on any atom is 0.314 e. The van der Waals surface area contributed by atoms with Crippen LogP contribution in [-0.4, -0.2) is 81.8 Å². The van der Waals surface area contributed by atoms with Crippen LogP contribution in [0, 0.1) is 0 Å². The lowest BCUT2D eigenvalue weighted by Gasteiger charge is -1.96. The predicted molar refractivity (Wildman–Crippen MR) is 104 cm³/mol. The Morgan fingerprint density at radius 2 is 0.857 bits per heavy atom. The van der Waals surface area contributed by atoms with Gasteiger partial charge in [0.25, 0.3) is 0 Å². The molecule has 0 rings (SSSR count). The van der Waals surface area contributed by atoms with Gasteiger partial charge in [0.05, 0.1) is 6.54 Å².